The van der Waals surface area contributed by atoms with E-state index in [0.717, 1.165) is 20.5 Å². The molecule has 164 valence electrons. The van der Waals surface area contributed by atoms with Crippen LogP contribution >= 0.6 is 11.3 Å². The highest BCUT2D eigenvalue weighted by atomic mass is 32.1. The summed E-state index contributed by atoms with van der Waals surface area (Å²) in [5.41, 5.74) is 1.60. The van der Waals surface area contributed by atoms with E-state index in [0.29, 0.717) is 28.1 Å². The number of hydrogen-bond acceptors (Lipinski definition) is 8. The van der Waals surface area contributed by atoms with Gasteiger partial charge in [0.05, 0.1) is 37.2 Å². The number of carbonyl (C=O) groups is 1. The summed E-state index contributed by atoms with van der Waals surface area (Å²) in [4.78, 5) is 29.2. The number of benzene rings is 2. The lowest BCUT2D eigenvalue weighted by atomic mass is 10.1. The molecule has 0 aliphatic heterocycles. The Morgan fingerprint density at radius 3 is 2.56 bits per heavy atom. The van der Waals surface area contributed by atoms with Crippen LogP contribution in [-0.2, 0) is 11.3 Å². The highest BCUT2D eigenvalue weighted by molar-refractivity contribution is 7.22. The van der Waals surface area contributed by atoms with Gasteiger partial charge in [0.1, 0.15) is 12.3 Å². The summed E-state index contributed by atoms with van der Waals surface area (Å²) < 4.78 is 17.8. The molecule has 0 aliphatic rings. The highest BCUT2D eigenvalue weighted by Gasteiger charge is 2.13. The molecular weight excluding hydrogens is 432 g/mol. The van der Waals surface area contributed by atoms with Crippen LogP contribution in [0.3, 0.4) is 0 Å². The monoisotopic (exact) mass is 452 g/mol. The summed E-state index contributed by atoms with van der Waals surface area (Å²) in [6, 6.07) is 13.7. The first-order chi connectivity index (χ1) is 15.5. The van der Waals surface area contributed by atoms with Gasteiger partial charge in [-0.2, -0.15) is 5.10 Å². The Kier molecular flexibility index (Phi) is 6.04. The molecule has 2 aromatic carbocycles. The molecule has 0 saturated carbocycles. The number of thiazole rings is 1. The van der Waals surface area contributed by atoms with E-state index in [1.807, 2.05) is 12.1 Å². The number of methoxy groups -OCH3 is 3. The van der Waals surface area contributed by atoms with Gasteiger partial charge in [-0.05, 0) is 42.5 Å². The van der Waals surface area contributed by atoms with Crippen LogP contribution in [0, 0.1) is 0 Å². The summed E-state index contributed by atoms with van der Waals surface area (Å²) in [7, 11) is 4.68. The number of hydrogen-bond donors (Lipinski definition) is 1. The van der Waals surface area contributed by atoms with Gasteiger partial charge in [-0.25, -0.2) is 9.67 Å². The van der Waals surface area contributed by atoms with E-state index in [4.69, 9.17) is 14.2 Å². The van der Waals surface area contributed by atoms with Gasteiger partial charge in [-0.3, -0.25) is 9.59 Å². The summed E-state index contributed by atoms with van der Waals surface area (Å²) >= 11 is 1.32. The summed E-state index contributed by atoms with van der Waals surface area (Å²) in [5, 5.41) is 7.50. The third kappa shape index (κ3) is 4.40. The van der Waals surface area contributed by atoms with Crippen LogP contribution in [0.15, 0.2) is 53.3 Å². The molecule has 1 N–H and O–H groups in total. The van der Waals surface area contributed by atoms with Crippen LogP contribution < -0.4 is 25.1 Å². The largest absolute Gasteiger partial charge is 0.497 e. The Hall–Kier alpha value is -3.92. The lowest BCUT2D eigenvalue weighted by Gasteiger charge is -2.10. The number of nitrogens with one attached hydrogen (secondary N) is 1. The van der Waals surface area contributed by atoms with Crippen molar-refractivity contribution in [2.24, 2.45) is 0 Å². The number of aromatic nitrogens is 3. The molecule has 0 saturated heterocycles. The van der Waals surface area contributed by atoms with E-state index in [-0.39, 0.29) is 6.54 Å². The minimum Gasteiger partial charge on any atom is -0.497 e. The molecule has 0 aliphatic carbocycles. The second kappa shape index (κ2) is 9.06. The predicted octanol–water partition coefficient (Wildman–Crippen LogP) is 3.18. The first kappa shape index (κ1) is 21.3. The quantitative estimate of drug-likeness (QED) is 0.459. The van der Waals surface area contributed by atoms with Crippen LogP contribution in [-0.4, -0.2) is 42.0 Å². The summed E-state index contributed by atoms with van der Waals surface area (Å²) in [6.07, 6.45) is 0. The van der Waals surface area contributed by atoms with Gasteiger partial charge >= 0.3 is 0 Å². The highest BCUT2D eigenvalue weighted by Crippen LogP contribution is 2.31. The molecule has 32 heavy (non-hydrogen) atoms. The fourth-order valence-corrected chi connectivity index (χ4v) is 4.00. The minimum absolute atomic E-state index is 0.251. The van der Waals surface area contributed by atoms with E-state index < -0.39 is 11.5 Å². The standard InChI is InChI=1S/C22H20N4O5S/c1-29-14-5-6-16-19(11-14)32-22(23-16)24-20(27)12-26-21(28)9-7-15(25-26)13-4-8-17(30-2)18(10-13)31-3/h4-11H,12H2,1-3H3,(H,23,24,27). The molecule has 0 spiro atoms. The SMILES string of the molecule is COc1ccc2nc(NC(=O)Cn3nc(-c4ccc(OC)c(OC)c4)ccc3=O)sc2c1. The van der Waals surface area contributed by atoms with E-state index in [9.17, 15) is 9.59 Å². The van der Waals surface area contributed by atoms with Gasteiger partial charge in [0.25, 0.3) is 5.56 Å². The average Bonchev–Trinajstić information content (AvgIpc) is 3.21. The first-order valence-electron chi connectivity index (χ1n) is 9.55. The van der Waals surface area contributed by atoms with Gasteiger partial charge in [0.15, 0.2) is 16.6 Å². The number of anilines is 1. The van der Waals surface area contributed by atoms with Crippen LogP contribution in [0.25, 0.3) is 21.5 Å². The Balaban J connectivity index is 1.54. The average molecular weight is 452 g/mol. The third-order valence-corrected chi connectivity index (χ3v) is 5.61. The third-order valence-electron chi connectivity index (χ3n) is 4.68. The summed E-state index contributed by atoms with van der Waals surface area (Å²) in [5.74, 6) is 1.42. The van der Waals surface area contributed by atoms with Crippen molar-refractivity contribution in [2.75, 3.05) is 26.6 Å². The molecule has 0 fully saturated rings. The molecular formula is C22H20N4O5S. The van der Waals surface area contributed by atoms with Crippen LogP contribution in [0.4, 0.5) is 5.13 Å². The Morgan fingerprint density at radius 1 is 1.00 bits per heavy atom. The molecule has 9 nitrogen and oxygen atoms in total. The van der Waals surface area contributed by atoms with E-state index in [2.05, 4.69) is 15.4 Å². The lowest BCUT2D eigenvalue weighted by molar-refractivity contribution is -0.117. The number of nitrogens with zero attached hydrogens (tertiary/aromatic N) is 3. The van der Waals surface area contributed by atoms with Crippen LogP contribution in [0.2, 0.25) is 0 Å². The lowest BCUT2D eigenvalue weighted by Crippen LogP contribution is -2.29. The molecule has 2 aromatic heterocycles. The Labute approximate surface area is 187 Å². The van der Waals surface area contributed by atoms with Crippen molar-refractivity contribution >= 4 is 32.6 Å². The van der Waals surface area contributed by atoms with Gasteiger partial charge in [-0.15, -0.1) is 0 Å². The normalized spacial score (nSPS) is 10.7. The van der Waals surface area contributed by atoms with Crippen LogP contribution in [0.5, 0.6) is 17.2 Å². The van der Waals surface area contributed by atoms with Crippen molar-refractivity contribution in [3.05, 3.63) is 58.9 Å². The van der Waals surface area contributed by atoms with Gasteiger partial charge < -0.3 is 19.5 Å². The van der Waals surface area contributed by atoms with Crippen molar-refractivity contribution in [3.8, 4) is 28.5 Å². The Bertz CT molecular complexity index is 1350. The number of amides is 1. The molecule has 0 unspecified atom stereocenters. The smallest absolute Gasteiger partial charge is 0.267 e. The van der Waals surface area contributed by atoms with Crippen molar-refractivity contribution in [1.29, 1.82) is 0 Å². The van der Waals surface area contributed by atoms with Crippen molar-refractivity contribution < 1.29 is 19.0 Å². The minimum atomic E-state index is -0.407. The predicted molar refractivity (Wildman–Crippen MR) is 122 cm³/mol. The molecule has 4 aromatic rings. The number of ether oxygens (including phenoxy) is 3. The zero-order valence-electron chi connectivity index (χ0n) is 17.6. The fraction of sp³-hybridized carbons (Fsp3) is 0.182. The molecule has 0 radical (unpaired) electrons. The zero-order chi connectivity index (χ0) is 22.7. The van der Waals surface area contributed by atoms with Crippen molar-refractivity contribution in [2.45, 2.75) is 6.54 Å². The molecule has 0 bridgehead atoms. The van der Waals surface area contributed by atoms with E-state index in [1.165, 1.54) is 17.4 Å². The molecule has 1 amide bonds. The maximum absolute atomic E-state index is 12.6. The molecule has 2 heterocycles. The van der Waals surface area contributed by atoms with Gasteiger partial charge in [0, 0.05) is 11.6 Å². The van der Waals surface area contributed by atoms with Crippen molar-refractivity contribution in [3.63, 3.8) is 0 Å². The second-order valence-electron chi connectivity index (χ2n) is 6.69. The second-order valence-corrected chi connectivity index (χ2v) is 7.72. The maximum atomic E-state index is 12.6. The maximum Gasteiger partial charge on any atom is 0.267 e. The number of carbonyl (C=O) groups excluding carboxylic acids is 1. The first-order valence-corrected chi connectivity index (χ1v) is 10.4. The van der Waals surface area contributed by atoms with Gasteiger partial charge in [-0.1, -0.05) is 11.3 Å². The molecule has 0 atom stereocenters. The number of fused-ring (bicyclic) bond motifs is 1. The number of rotatable bonds is 7. The zero-order valence-corrected chi connectivity index (χ0v) is 18.4. The summed E-state index contributed by atoms with van der Waals surface area (Å²) in [6.45, 7) is -0.251. The van der Waals surface area contributed by atoms with Gasteiger partial charge in [0.2, 0.25) is 5.91 Å². The topological polar surface area (TPSA) is 105 Å². The van der Waals surface area contributed by atoms with Crippen LogP contribution in [0.1, 0.15) is 0 Å². The fourth-order valence-electron chi connectivity index (χ4n) is 3.09. The molecule has 4 rings (SSSR count). The Morgan fingerprint density at radius 2 is 1.81 bits per heavy atom. The van der Waals surface area contributed by atoms with E-state index >= 15 is 0 Å². The van der Waals surface area contributed by atoms with Crippen molar-refractivity contribution in [1.82, 2.24) is 14.8 Å². The van der Waals surface area contributed by atoms with E-state index in [1.54, 1.807) is 51.7 Å². The molecule has 10 heteroatoms.